The minimum atomic E-state index is 0.0180. The lowest BCUT2D eigenvalue weighted by atomic mass is 10.1. The summed E-state index contributed by atoms with van der Waals surface area (Å²) < 4.78 is 7.38. The Hall–Kier alpha value is -0.0600. The third-order valence-electron chi connectivity index (χ3n) is 1.87. The first kappa shape index (κ1) is 8.53. The molecule has 4 heteroatoms. The number of ether oxygens (including phenoxy) is 1. The van der Waals surface area contributed by atoms with E-state index in [0.717, 1.165) is 20.3 Å². The van der Waals surface area contributed by atoms with E-state index >= 15 is 0 Å². The van der Waals surface area contributed by atoms with E-state index in [1.807, 2.05) is 12.1 Å². The van der Waals surface area contributed by atoms with Crippen LogP contribution in [0.1, 0.15) is 11.6 Å². The van der Waals surface area contributed by atoms with Crippen LogP contribution >= 0.6 is 31.9 Å². The van der Waals surface area contributed by atoms with Crippen molar-refractivity contribution in [1.29, 1.82) is 0 Å². The van der Waals surface area contributed by atoms with Gasteiger partial charge in [-0.2, -0.15) is 0 Å². The number of hydrogen-bond donors (Lipinski definition) is 1. The molecule has 1 aromatic rings. The number of rotatable bonds is 0. The summed E-state index contributed by atoms with van der Waals surface area (Å²) in [4.78, 5) is 0. The molecule has 0 saturated carbocycles. The van der Waals surface area contributed by atoms with Gasteiger partial charge < -0.3 is 10.5 Å². The second kappa shape index (κ2) is 3.01. The number of nitrogens with two attached hydrogens (primary N) is 1. The molecule has 0 fully saturated rings. The summed E-state index contributed by atoms with van der Waals surface area (Å²) in [6.07, 6.45) is 0. The van der Waals surface area contributed by atoms with Gasteiger partial charge in [0.15, 0.2) is 0 Å². The highest BCUT2D eigenvalue weighted by Crippen LogP contribution is 2.37. The number of halogens is 2. The minimum absolute atomic E-state index is 0.0180. The molecule has 1 aromatic carbocycles. The Balaban J connectivity index is 2.56. The second-order valence-electron chi connectivity index (χ2n) is 2.72. The summed E-state index contributed by atoms with van der Waals surface area (Å²) in [6, 6.07) is 3.95. The lowest BCUT2D eigenvalue weighted by Gasteiger charge is -2.02. The quantitative estimate of drug-likeness (QED) is 0.798. The maximum Gasteiger partial charge on any atom is 0.125 e. The second-order valence-corrected chi connectivity index (χ2v) is 4.43. The van der Waals surface area contributed by atoms with E-state index in [1.54, 1.807) is 0 Å². The topological polar surface area (TPSA) is 35.2 Å². The van der Waals surface area contributed by atoms with Crippen molar-refractivity contribution in [3.8, 4) is 5.75 Å². The third-order valence-corrected chi connectivity index (χ3v) is 3.71. The first-order chi connectivity index (χ1) is 5.68. The van der Waals surface area contributed by atoms with Crippen LogP contribution in [0, 0.1) is 0 Å². The molecule has 0 radical (unpaired) electrons. The molecule has 1 heterocycles. The maximum absolute atomic E-state index is 5.80. The first-order valence-electron chi connectivity index (χ1n) is 3.56. The van der Waals surface area contributed by atoms with Crippen LogP contribution in [0.4, 0.5) is 0 Å². The van der Waals surface area contributed by atoms with Crippen LogP contribution in [0.5, 0.6) is 5.75 Å². The van der Waals surface area contributed by atoms with Gasteiger partial charge in [-0.05, 0) is 44.0 Å². The fourth-order valence-corrected chi connectivity index (χ4v) is 1.91. The first-order valence-corrected chi connectivity index (χ1v) is 5.14. The van der Waals surface area contributed by atoms with Crippen LogP contribution in [0.2, 0.25) is 0 Å². The normalized spacial score (nSPS) is 20.4. The molecule has 1 unspecified atom stereocenters. The fraction of sp³-hybridized carbons (Fsp3) is 0.250. The van der Waals surface area contributed by atoms with Crippen molar-refractivity contribution in [3.63, 3.8) is 0 Å². The Labute approximate surface area is 87.3 Å². The fourth-order valence-electron chi connectivity index (χ4n) is 1.23. The van der Waals surface area contributed by atoms with Gasteiger partial charge in [-0.1, -0.05) is 0 Å². The van der Waals surface area contributed by atoms with Gasteiger partial charge >= 0.3 is 0 Å². The van der Waals surface area contributed by atoms with Gasteiger partial charge in [0.25, 0.3) is 0 Å². The lowest BCUT2D eigenvalue weighted by Crippen LogP contribution is -2.10. The summed E-state index contributed by atoms with van der Waals surface area (Å²) in [5, 5.41) is 0. The SMILES string of the molecule is NC1COc2cc(Br)c(Br)cc21. The van der Waals surface area contributed by atoms with E-state index in [9.17, 15) is 0 Å². The zero-order valence-corrected chi connectivity index (χ0v) is 9.35. The largest absolute Gasteiger partial charge is 0.491 e. The van der Waals surface area contributed by atoms with E-state index in [1.165, 1.54) is 0 Å². The van der Waals surface area contributed by atoms with Crippen LogP contribution in [0.15, 0.2) is 21.1 Å². The van der Waals surface area contributed by atoms with Crippen molar-refractivity contribution in [1.82, 2.24) is 0 Å². The number of hydrogen-bond acceptors (Lipinski definition) is 2. The average molecular weight is 293 g/mol. The zero-order chi connectivity index (χ0) is 8.72. The molecule has 1 aliphatic rings. The Morgan fingerprint density at radius 3 is 2.75 bits per heavy atom. The molecule has 0 aromatic heterocycles. The zero-order valence-electron chi connectivity index (χ0n) is 6.18. The highest BCUT2D eigenvalue weighted by molar-refractivity contribution is 9.13. The third kappa shape index (κ3) is 1.28. The molecule has 1 atom stereocenters. The monoisotopic (exact) mass is 291 g/mol. The standard InChI is InChI=1S/C8H7Br2NO/c9-5-1-4-7(11)3-12-8(4)2-6(5)10/h1-2,7H,3,11H2. The number of fused-ring (bicyclic) bond motifs is 1. The lowest BCUT2D eigenvalue weighted by molar-refractivity contribution is 0.333. The Morgan fingerprint density at radius 2 is 2.00 bits per heavy atom. The van der Waals surface area contributed by atoms with Crippen molar-refractivity contribution >= 4 is 31.9 Å². The molecule has 0 amide bonds. The Kier molecular flexibility index (Phi) is 2.14. The summed E-state index contributed by atoms with van der Waals surface area (Å²) in [5.74, 6) is 0.887. The predicted molar refractivity (Wildman–Crippen MR) is 54.3 cm³/mol. The molecule has 12 heavy (non-hydrogen) atoms. The van der Waals surface area contributed by atoms with E-state index < -0.39 is 0 Å². The van der Waals surface area contributed by atoms with Gasteiger partial charge in [0.1, 0.15) is 12.4 Å². The van der Waals surface area contributed by atoms with E-state index in [2.05, 4.69) is 31.9 Å². The molecule has 0 bridgehead atoms. The van der Waals surface area contributed by atoms with Crippen molar-refractivity contribution in [2.24, 2.45) is 5.73 Å². The van der Waals surface area contributed by atoms with E-state index in [-0.39, 0.29) is 6.04 Å². The van der Waals surface area contributed by atoms with Crippen LogP contribution in [-0.2, 0) is 0 Å². The van der Waals surface area contributed by atoms with Gasteiger partial charge in [0.05, 0.1) is 6.04 Å². The molecular formula is C8H7Br2NO. The van der Waals surface area contributed by atoms with Crippen molar-refractivity contribution in [3.05, 3.63) is 26.6 Å². The van der Waals surface area contributed by atoms with Crippen LogP contribution in [0.3, 0.4) is 0 Å². The van der Waals surface area contributed by atoms with Crippen LogP contribution in [0.25, 0.3) is 0 Å². The molecule has 2 nitrogen and oxygen atoms in total. The molecular weight excluding hydrogens is 286 g/mol. The molecule has 2 rings (SSSR count). The molecule has 2 N–H and O–H groups in total. The average Bonchev–Trinajstić information content (AvgIpc) is 2.35. The summed E-state index contributed by atoms with van der Waals surface area (Å²) in [5.41, 5.74) is 6.88. The van der Waals surface area contributed by atoms with Gasteiger partial charge in [-0.3, -0.25) is 0 Å². The molecule has 0 aliphatic carbocycles. The number of benzene rings is 1. The molecule has 64 valence electrons. The highest BCUT2D eigenvalue weighted by atomic mass is 79.9. The summed E-state index contributed by atoms with van der Waals surface area (Å²) in [6.45, 7) is 0.582. The molecule has 0 saturated heterocycles. The van der Waals surface area contributed by atoms with E-state index in [4.69, 9.17) is 10.5 Å². The molecule has 1 aliphatic heterocycles. The maximum atomic E-state index is 5.80. The van der Waals surface area contributed by atoms with Crippen molar-refractivity contribution < 1.29 is 4.74 Å². The van der Waals surface area contributed by atoms with Crippen LogP contribution < -0.4 is 10.5 Å². The summed E-state index contributed by atoms with van der Waals surface area (Å²) >= 11 is 6.82. The molecule has 0 spiro atoms. The Bertz CT molecular complexity index is 327. The predicted octanol–water partition coefficient (Wildman–Crippen LogP) is 2.60. The van der Waals surface area contributed by atoms with Gasteiger partial charge in [-0.25, -0.2) is 0 Å². The van der Waals surface area contributed by atoms with Gasteiger partial charge in [-0.15, -0.1) is 0 Å². The van der Waals surface area contributed by atoms with E-state index in [0.29, 0.717) is 6.61 Å². The smallest absolute Gasteiger partial charge is 0.125 e. The minimum Gasteiger partial charge on any atom is -0.491 e. The van der Waals surface area contributed by atoms with Crippen molar-refractivity contribution in [2.45, 2.75) is 6.04 Å². The highest BCUT2D eigenvalue weighted by Gasteiger charge is 2.21. The van der Waals surface area contributed by atoms with Crippen LogP contribution in [-0.4, -0.2) is 6.61 Å². The Morgan fingerprint density at radius 1 is 1.33 bits per heavy atom. The van der Waals surface area contributed by atoms with Gasteiger partial charge in [0.2, 0.25) is 0 Å². The summed E-state index contributed by atoms with van der Waals surface area (Å²) in [7, 11) is 0. The van der Waals surface area contributed by atoms with Crippen molar-refractivity contribution in [2.75, 3.05) is 6.61 Å². The van der Waals surface area contributed by atoms with Gasteiger partial charge in [0, 0.05) is 14.5 Å².